The smallest absolute Gasteiger partial charge is 0.361 e. The van der Waals surface area contributed by atoms with Gasteiger partial charge in [0.15, 0.2) is 12.1 Å². The molecular weight excluding hydrogens is 283 g/mol. The van der Waals surface area contributed by atoms with Gasteiger partial charge in [-0.2, -0.15) is 0 Å². The molecule has 114 valence electrons. The van der Waals surface area contributed by atoms with E-state index in [2.05, 4.69) is 9.05 Å². The molecule has 0 amide bonds. The molecule has 1 saturated heterocycles. The SMILES string of the molecule is CO[C@H]1O[C@H]([C@@H](O)P(=O)(OC)OC)[C@@H](O)[C@H](O)[C@H]1O. The summed E-state index contributed by atoms with van der Waals surface area (Å²) < 4.78 is 31.0. The monoisotopic (exact) mass is 302 g/mol. The van der Waals surface area contributed by atoms with Crippen LogP contribution in [0.3, 0.4) is 0 Å². The summed E-state index contributed by atoms with van der Waals surface area (Å²) in [5.41, 5.74) is 0. The van der Waals surface area contributed by atoms with Crippen LogP contribution in [0.1, 0.15) is 0 Å². The van der Waals surface area contributed by atoms with Crippen molar-refractivity contribution in [3.05, 3.63) is 0 Å². The van der Waals surface area contributed by atoms with E-state index in [0.29, 0.717) is 0 Å². The first kappa shape index (κ1) is 17.0. The largest absolute Gasteiger partial charge is 0.387 e. The minimum absolute atomic E-state index is 1.06. The Morgan fingerprint density at radius 2 is 1.58 bits per heavy atom. The number of hydrogen-bond acceptors (Lipinski definition) is 9. The van der Waals surface area contributed by atoms with Gasteiger partial charge in [-0.3, -0.25) is 4.57 Å². The van der Waals surface area contributed by atoms with Gasteiger partial charge in [0.1, 0.15) is 24.4 Å². The van der Waals surface area contributed by atoms with Crippen LogP contribution in [0.4, 0.5) is 0 Å². The van der Waals surface area contributed by atoms with Crippen LogP contribution in [-0.2, 0) is 23.1 Å². The quantitative estimate of drug-likeness (QED) is 0.436. The molecule has 0 aliphatic carbocycles. The van der Waals surface area contributed by atoms with Crippen molar-refractivity contribution in [3.63, 3.8) is 0 Å². The number of hydrogen-bond donors (Lipinski definition) is 4. The first-order chi connectivity index (χ1) is 8.82. The van der Waals surface area contributed by atoms with Gasteiger partial charge in [-0.25, -0.2) is 0 Å². The predicted molar refractivity (Wildman–Crippen MR) is 61.3 cm³/mol. The van der Waals surface area contributed by atoms with Crippen LogP contribution in [0.15, 0.2) is 0 Å². The molecule has 0 aromatic carbocycles. The van der Waals surface area contributed by atoms with Crippen LogP contribution in [0.2, 0.25) is 0 Å². The van der Waals surface area contributed by atoms with E-state index in [-0.39, 0.29) is 0 Å². The number of aliphatic hydroxyl groups is 4. The van der Waals surface area contributed by atoms with E-state index in [1.165, 1.54) is 7.11 Å². The lowest BCUT2D eigenvalue weighted by atomic mass is 9.99. The maximum absolute atomic E-state index is 12.0. The summed E-state index contributed by atoms with van der Waals surface area (Å²) >= 11 is 0. The van der Waals surface area contributed by atoms with Crippen molar-refractivity contribution in [2.24, 2.45) is 0 Å². The van der Waals surface area contributed by atoms with Crippen molar-refractivity contribution < 1.29 is 43.5 Å². The Labute approximate surface area is 110 Å². The third kappa shape index (κ3) is 3.15. The summed E-state index contributed by atoms with van der Waals surface area (Å²) in [5.74, 6) is -1.85. The van der Waals surface area contributed by atoms with Crippen LogP contribution in [0.5, 0.6) is 0 Å². The Morgan fingerprint density at radius 3 is 2.00 bits per heavy atom. The second-order valence-corrected chi connectivity index (χ2v) is 6.33. The van der Waals surface area contributed by atoms with E-state index in [9.17, 15) is 25.0 Å². The van der Waals surface area contributed by atoms with Crippen molar-refractivity contribution in [1.82, 2.24) is 0 Å². The van der Waals surface area contributed by atoms with E-state index >= 15 is 0 Å². The molecule has 0 radical (unpaired) electrons. The second kappa shape index (κ2) is 6.57. The maximum Gasteiger partial charge on any atom is 0.361 e. The van der Waals surface area contributed by atoms with E-state index in [0.717, 1.165) is 14.2 Å². The summed E-state index contributed by atoms with van der Waals surface area (Å²) in [6, 6.07) is 0. The molecule has 6 atom stereocenters. The number of methoxy groups -OCH3 is 1. The van der Waals surface area contributed by atoms with Gasteiger partial charge in [-0.15, -0.1) is 0 Å². The molecule has 10 heteroatoms. The van der Waals surface area contributed by atoms with Crippen molar-refractivity contribution in [1.29, 1.82) is 0 Å². The highest BCUT2D eigenvalue weighted by Gasteiger charge is 2.52. The minimum atomic E-state index is -3.94. The summed E-state index contributed by atoms with van der Waals surface area (Å²) in [6.45, 7) is 0. The molecule has 0 saturated carbocycles. The first-order valence-corrected chi connectivity index (χ1v) is 7.05. The standard InChI is InChI=1S/C9H19O9P/c1-15-9-6(12)4(10)5(11)7(18-9)8(13)19(14,16-2)17-3/h4-13H,1-3H3/t4-,5-,6+,7-,8-,9-/m0/s1. The third-order valence-electron chi connectivity index (χ3n) is 2.97. The topological polar surface area (TPSA) is 135 Å². The normalized spacial score (nSPS) is 38.2. The van der Waals surface area contributed by atoms with Gasteiger partial charge in [-0.05, 0) is 0 Å². The molecule has 1 aliphatic rings. The summed E-state index contributed by atoms with van der Waals surface area (Å²) in [7, 11) is -0.622. The molecule has 19 heavy (non-hydrogen) atoms. The lowest BCUT2D eigenvalue weighted by Gasteiger charge is -2.42. The molecule has 1 rings (SSSR count). The molecule has 0 spiro atoms. The Kier molecular flexibility index (Phi) is 5.87. The van der Waals surface area contributed by atoms with Crippen LogP contribution < -0.4 is 0 Å². The van der Waals surface area contributed by atoms with Crippen LogP contribution in [-0.4, -0.2) is 78.3 Å². The van der Waals surface area contributed by atoms with E-state index in [1.54, 1.807) is 0 Å². The Bertz CT molecular complexity index is 328. The van der Waals surface area contributed by atoms with Gasteiger partial charge in [-0.1, -0.05) is 0 Å². The van der Waals surface area contributed by atoms with Crippen molar-refractivity contribution in [3.8, 4) is 0 Å². The summed E-state index contributed by atoms with van der Waals surface area (Å²) in [6.07, 6.45) is -7.63. The third-order valence-corrected chi connectivity index (χ3v) is 4.93. The number of aliphatic hydroxyl groups excluding tert-OH is 4. The minimum Gasteiger partial charge on any atom is -0.387 e. The number of rotatable bonds is 5. The number of ether oxygens (including phenoxy) is 2. The van der Waals surface area contributed by atoms with Crippen molar-refractivity contribution in [2.75, 3.05) is 21.3 Å². The highest BCUT2D eigenvalue weighted by molar-refractivity contribution is 7.54. The highest BCUT2D eigenvalue weighted by Crippen LogP contribution is 2.53. The van der Waals surface area contributed by atoms with Gasteiger partial charge in [0, 0.05) is 21.3 Å². The summed E-state index contributed by atoms with van der Waals surface area (Å²) in [4.78, 5) is 0. The average Bonchev–Trinajstić information content (AvgIpc) is 2.43. The van der Waals surface area contributed by atoms with Gasteiger partial charge in [0.05, 0.1) is 0 Å². The molecule has 9 nitrogen and oxygen atoms in total. The zero-order valence-corrected chi connectivity index (χ0v) is 11.6. The van der Waals surface area contributed by atoms with Crippen LogP contribution in [0.25, 0.3) is 0 Å². The molecule has 0 unspecified atom stereocenters. The summed E-state index contributed by atoms with van der Waals surface area (Å²) in [5, 5.41) is 38.9. The van der Waals surface area contributed by atoms with Crippen molar-refractivity contribution in [2.45, 2.75) is 36.6 Å². The molecule has 1 fully saturated rings. The van der Waals surface area contributed by atoms with E-state index in [1.807, 2.05) is 0 Å². The van der Waals surface area contributed by atoms with Gasteiger partial charge in [0.25, 0.3) is 0 Å². The second-order valence-electron chi connectivity index (χ2n) is 4.00. The molecule has 4 N–H and O–H groups in total. The van der Waals surface area contributed by atoms with Crippen molar-refractivity contribution >= 4 is 7.60 Å². The zero-order valence-electron chi connectivity index (χ0n) is 10.7. The van der Waals surface area contributed by atoms with Gasteiger partial charge in [0.2, 0.25) is 0 Å². The molecule has 0 bridgehead atoms. The molecular formula is C9H19O9P. The van der Waals surface area contributed by atoms with E-state index < -0.39 is 44.1 Å². The molecule has 0 aromatic rings. The predicted octanol–water partition coefficient (Wildman–Crippen LogP) is -1.76. The lowest BCUT2D eigenvalue weighted by molar-refractivity contribution is -0.298. The Hall–Kier alpha value is -0.0900. The molecule has 0 aromatic heterocycles. The Morgan fingerprint density at radius 1 is 1.05 bits per heavy atom. The fraction of sp³-hybridized carbons (Fsp3) is 1.00. The van der Waals surface area contributed by atoms with Crippen LogP contribution >= 0.6 is 7.60 Å². The Balaban J connectivity index is 2.95. The lowest BCUT2D eigenvalue weighted by Crippen LogP contribution is -2.61. The maximum atomic E-state index is 12.0. The average molecular weight is 302 g/mol. The molecule has 1 aliphatic heterocycles. The van der Waals surface area contributed by atoms with Gasteiger partial charge < -0.3 is 38.9 Å². The van der Waals surface area contributed by atoms with E-state index in [4.69, 9.17) is 9.47 Å². The fourth-order valence-electron chi connectivity index (χ4n) is 1.79. The highest BCUT2D eigenvalue weighted by atomic mass is 31.2. The van der Waals surface area contributed by atoms with Gasteiger partial charge >= 0.3 is 7.60 Å². The zero-order chi connectivity index (χ0) is 14.8. The fourth-order valence-corrected chi connectivity index (χ4v) is 2.97. The van der Waals surface area contributed by atoms with Crippen LogP contribution in [0, 0.1) is 0 Å². The molecule has 1 heterocycles. The first-order valence-electron chi connectivity index (χ1n) is 5.44.